The minimum atomic E-state index is 0.0155. The van der Waals surface area contributed by atoms with Crippen molar-refractivity contribution in [2.75, 3.05) is 0 Å². The Labute approximate surface area is 99.4 Å². The monoisotopic (exact) mass is 226 g/mol. The van der Waals surface area contributed by atoms with Gasteiger partial charge in [0.05, 0.1) is 0 Å². The van der Waals surface area contributed by atoms with E-state index in [2.05, 4.69) is 31.4 Å². The molecular formula is C13H26N2O. The molecule has 2 N–H and O–H groups in total. The Balaban J connectivity index is 2.03. The minimum absolute atomic E-state index is 0.0155. The van der Waals surface area contributed by atoms with Crippen LogP contribution in [0.1, 0.15) is 59.3 Å². The maximum absolute atomic E-state index is 11.5. The number of nitrogens with one attached hydrogen (secondary N) is 2. The zero-order valence-electron chi connectivity index (χ0n) is 10.9. The van der Waals surface area contributed by atoms with Crippen molar-refractivity contribution in [2.24, 2.45) is 5.92 Å². The second-order valence-electron chi connectivity index (χ2n) is 5.47. The van der Waals surface area contributed by atoms with Crippen LogP contribution in [0.15, 0.2) is 0 Å². The van der Waals surface area contributed by atoms with Gasteiger partial charge in [0.1, 0.15) is 0 Å². The normalized spacial score (nSPS) is 18.0. The van der Waals surface area contributed by atoms with Crippen molar-refractivity contribution in [1.82, 2.24) is 10.6 Å². The van der Waals surface area contributed by atoms with Gasteiger partial charge in [0.15, 0.2) is 0 Å². The SMILES string of the molecule is CC(C)CCCC(C)NC(=O)NC1CCC1. The Morgan fingerprint density at radius 1 is 1.25 bits per heavy atom. The van der Waals surface area contributed by atoms with Crippen LogP contribution in [0.2, 0.25) is 0 Å². The van der Waals surface area contributed by atoms with Crippen molar-refractivity contribution in [3.05, 3.63) is 0 Å². The Morgan fingerprint density at radius 3 is 2.44 bits per heavy atom. The fourth-order valence-corrected chi connectivity index (χ4v) is 1.91. The third-order valence-electron chi connectivity index (χ3n) is 3.24. The minimum Gasteiger partial charge on any atom is -0.336 e. The van der Waals surface area contributed by atoms with Crippen molar-refractivity contribution >= 4 is 6.03 Å². The van der Waals surface area contributed by atoms with Gasteiger partial charge in [-0.05, 0) is 38.5 Å². The molecule has 0 spiro atoms. The summed E-state index contributed by atoms with van der Waals surface area (Å²) < 4.78 is 0. The smallest absolute Gasteiger partial charge is 0.315 e. The van der Waals surface area contributed by atoms with Crippen molar-refractivity contribution < 1.29 is 4.79 Å². The van der Waals surface area contributed by atoms with Crippen LogP contribution >= 0.6 is 0 Å². The molecular weight excluding hydrogens is 200 g/mol. The molecule has 0 aliphatic heterocycles. The average Bonchev–Trinajstić information content (AvgIpc) is 2.10. The van der Waals surface area contributed by atoms with Crippen LogP contribution in [-0.2, 0) is 0 Å². The highest BCUT2D eigenvalue weighted by atomic mass is 16.2. The molecule has 1 atom stereocenters. The number of urea groups is 1. The third-order valence-corrected chi connectivity index (χ3v) is 3.24. The van der Waals surface area contributed by atoms with Crippen LogP contribution in [0.3, 0.4) is 0 Å². The molecule has 0 bridgehead atoms. The lowest BCUT2D eigenvalue weighted by molar-refractivity contribution is 0.224. The molecule has 94 valence electrons. The lowest BCUT2D eigenvalue weighted by atomic mass is 9.93. The fourth-order valence-electron chi connectivity index (χ4n) is 1.91. The standard InChI is InChI=1S/C13H26N2O/c1-10(2)6-4-7-11(3)14-13(16)15-12-8-5-9-12/h10-12H,4-9H2,1-3H3,(H2,14,15,16). The number of amides is 2. The molecule has 2 amide bonds. The second kappa shape index (κ2) is 6.77. The number of carbonyl (C=O) groups is 1. The number of hydrogen-bond donors (Lipinski definition) is 2. The van der Waals surface area contributed by atoms with E-state index in [1.807, 2.05) is 0 Å². The highest BCUT2D eigenvalue weighted by Gasteiger charge is 2.19. The van der Waals surface area contributed by atoms with Gasteiger partial charge in [0, 0.05) is 12.1 Å². The Kier molecular flexibility index (Phi) is 5.64. The predicted octanol–water partition coefficient (Wildman–Crippen LogP) is 3.05. The van der Waals surface area contributed by atoms with Gasteiger partial charge >= 0.3 is 6.03 Å². The summed E-state index contributed by atoms with van der Waals surface area (Å²) in [5.41, 5.74) is 0. The predicted molar refractivity (Wildman–Crippen MR) is 67.5 cm³/mol. The first-order chi connectivity index (χ1) is 7.58. The molecule has 0 aromatic rings. The van der Waals surface area contributed by atoms with Gasteiger partial charge in [0.25, 0.3) is 0 Å². The van der Waals surface area contributed by atoms with E-state index in [0.717, 1.165) is 25.2 Å². The van der Waals surface area contributed by atoms with E-state index < -0.39 is 0 Å². The van der Waals surface area contributed by atoms with E-state index in [0.29, 0.717) is 12.1 Å². The topological polar surface area (TPSA) is 41.1 Å². The van der Waals surface area contributed by atoms with Crippen molar-refractivity contribution in [2.45, 2.75) is 71.4 Å². The van der Waals surface area contributed by atoms with Gasteiger partial charge in [-0.3, -0.25) is 0 Å². The molecule has 0 heterocycles. The summed E-state index contributed by atoms with van der Waals surface area (Å²) in [7, 11) is 0. The summed E-state index contributed by atoms with van der Waals surface area (Å²) in [6, 6.07) is 0.739. The first-order valence-electron chi connectivity index (χ1n) is 6.65. The van der Waals surface area contributed by atoms with Crippen molar-refractivity contribution in [3.8, 4) is 0 Å². The van der Waals surface area contributed by atoms with Gasteiger partial charge in [-0.25, -0.2) is 4.79 Å². The van der Waals surface area contributed by atoms with E-state index in [4.69, 9.17) is 0 Å². The Morgan fingerprint density at radius 2 is 1.94 bits per heavy atom. The number of hydrogen-bond acceptors (Lipinski definition) is 1. The van der Waals surface area contributed by atoms with Gasteiger partial charge in [-0.1, -0.05) is 26.7 Å². The Bertz CT molecular complexity index is 212. The van der Waals surface area contributed by atoms with Crippen LogP contribution in [-0.4, -0.2) is 18.1 Å². The van der Waals surface area contributed by atoms with Gasteiger partial charge < -0.3 is 10.6 Å². The fraction of sp³-hybridized carbons (Fsp3) is 0.923. The molecule has 16 heavy (non-hydrogen) atoms. The zero-order chi connectivity index (χ0) is 12.0. The van der Waals surface area contributed by atoms with E-state index in [1.165, 1.54) is 19.3 Å². The number of carbonyl (C=O) groups excluding carboxylic acids is 1. The highest BCUT2D eigenvalue weighted by Crippen LogP contribution is 2.17. The lowest BCUT2D eigenvalue weighted by Gasteiger charge is -2.27. The molecule has 0 aromatic heterocycles. The van der Waals surface area contributed by atoms with Gasteiger partial charge in [0.2, 0.25) is 0 Å². The van der Waals surface area contributed by atoms with Crippen molar-refractivity contribution in [3.63, 3.8) is 0 Å². The molecule has 1 unspecified atom stereocenters. The van der Waals surface area contributed by atoms with Gasteiger partial charge in [-0.2, -0.15) is 0 Å². The summed E-state index contributed by atoms with van der Waals surface area (Å²) >= 11 is 0. The summed E-state index contributed by atoms with van der Waals surface area (Å²) in [6.07, 6.45) is 7.08. The van der Waals surface area contributed by atoms with E-state index in [1.54, 1.807) is 0 Å². The molecule has 0 aromatic carbocycles. The van der Waals surface area contributed by atoms with E-state index >= 15 is 0 Å². The molecule has 3 nitrogen and oxygen atoms in total. The Hall–Kier alpha value is -0.730. The van der Waals surface area contributed by atoms with Gasteiger partial charge in [-0.15, -0.1) is 0 Å². The van der Waals surface area contributed by atoms with E-state index in [-0.39, 0.29) is 6.03 Å². The molecule has 3 heteroatoms. The van der Waals surface area contributed by atoms with Crippen molar-refractivity contribution in [1.29, 1.82) is 0 Å². The molecule has 0 radical (unpaired) electrons. The van der Waals surface area contributed by atoms with Crippen LogP contribution in [0.25, 0.3) is 0 Å². The molecule has 1 saturated carbocycles. The molecule has 1 aliphatic carbocycles. The maximum Gasteiger partial charge on any atom is 0.315 e. The van der Waals surface area contributed by atoms with Crippen LogP contribution < -0.4 is 10.6 Å². The summed E-state index contributed by atoms with van der Waals surface area (Å²) in [5.74, 6) is 0.760. The van der Waals surface area contributed by atoms with Crippen LogP contribution in [0.5, 0.6) is 0 Å². The third kappa shape index (κ3) is 5.38. The lowest BCUT2D eigenvalue weighted by Crippen LogP contribution is -2.47. The first-order valence-corrected chi connectivity index (χ1v) is 6.65. The van der Waals surface area contributed by atoms with Crippen LogP contribution in [0.4, 0.5) is 4.79 Å². The van der Waals surface area contributed by atoms with E-state index in [9.17, 15) is 4.79 Å². The molecule has 1 rings (SSSR count). The number of rotatable bonds is 6. The maximum atomic E-state index is 11.5. The second-order valence-corrected chi connectivity index (χ2v) is 5.47. The molecule has 1 aliphatic rings. The molecule has 1 fully saturated rings. The first kappa shape index (κ1) is 13.3. The summed E-state index contributed by atoms with van der Waals surface area (Å²) in [6.45, 7) is 6.56. The van der Waals surface area contributed by atoms with Crippen LogP contribution in [0, 0.1) is 5.92 Å². The largest absolute Gasteiger partial charge is 0.336 e. The zero-order valence-corrected chi connectivity index (χ0v) is 10.9. The highest BCUT2D eigenvalue weighted by molar-refractivity contribution is 5.74. The average molecular weight is 226 g/mol. The summed E-state index contributed by atoms with van der Waals surface area (Å²) in [4.78, 5) is 11.5. The summed E-state index contributed by atoms with van der Waals surface area (Å²) in [5, 5.41) is 6.00. The quantitative estimate of drug-likeness (QED) is 0.718. The molecule has 0 saturated heterocycles.